The van der Waals surface area contributed by atoms with E-state index < -0.39 is 0 Å². The number of pyridine rings is 1. The molecule has 0 aliphatic heterocycles. The molecule has 0 unspecified atom stereocenters. The number of aromatic nitrogens is 1. The second-order valence-corrected chi connectivity index (χ2v) is 4.16. The molecular formula is C10H14BrNO. The molecule has 0 aliphatic carbocycles. The molecule has 0 bridgehead atoms. The average Bonchev–Trinajstić information content (AvgIpc) is 2.18. The van der Waals surface area contributed by atoms with E-state index in [1.807, 2.05) is 12.1 Å². The molecule has 1 rings (SSSR count). The molecule has 1 heterocycles. The molecule has 0 aromatic carbocycles. The smallest absolute Gasteiger partial charge is 0.122 e. The molecule has 2 nitrogen and oxygen atoms in total. The van der Waals surface area contributed by atoms with Crippen LogP contribution < -0.4 is 4.74 Å². The van der Waals surface area contributed by atoms with Crippen LogP contribution in [0.25, 0.3) is 0 Å². The lowest BCUT2D eigenvalue weighted by Gasteiger charge is -2.20. The zero-order chi connectivity index (χ0) is 9.90. The van der Waals surface area contributed by atoms with Gasteiger partial charge in [0.15, 0.2) is 0 Å². The van der Waals surface area contributed by atoms with Gasteiger partial charge in [-0.3, -0.25) is 4.98 Å². The van der Waals surface area contributed by atoms with Gasteiger partial charge in [-0.2, -0.15) is 0 Å². The van der Waals surface area contributed by atoms with E-state index in [4.69, 9.17) is 4.74 Å². The van der Waals surface area contributed by atoms with E-state index in [1.54, 1.807) is 13.3 Å². The lowest BCUT2D eigenvalue weighted by molar-refractivity contribution is 0.411. The fourth-order valence-corrected chi connectivity index (χ4v) is 1.26. The van der Waals surface area contributed by atoms with Crippen molar-refractivity contribution in [1.29, 1.82) is 0 Å². The van der Waals surface area contributed by atoms with Crippen LogP contribution in [0.2, 0.25) is 0 Å². The van der Waals surface area contributed by atoms with Gasteiger partial charge in [0.25, 0.3) is 0 Å². The molecule has 0 N–H and O–H groups in total. The van der Waals surface area contributed by atoms with Crippen LogP contribution in [0.5, 0.6) is 5.75 Å². The van der Waals surface area contributed by atoms with Gasteiger partial charge in [0.05, 0.1) is 12.8 Å². The highest BCUT2D eigenvalue weighted by molar-refractivity contribution is 9.09. The first-order valence-electron chi connectivity index (χ1n) is 4.16. The highest BCUT2D eigenvalue weighted by Gasteiger charge is 2.20. The Balaban J connectivity index is 3.01. The number of alkyl halides is 1. The van der Waals surface area contributed by atoms with Crippen LogP contribution in [0.1, 0.15) is 19.5 Å². The van der Waals surface area contributed by atoms with E-state index in [9.17, 15) is 0 Å². The second-order valence-electron chi connectivity index (χ2n) is 3.60. The van der Waals surface area contributed by atoms with Crippen molar-refractivity contribution < 1.29 is 4.74 Å². The largest absolute Gasteiger partial charge is 0.497 e. The summed E-state index contributed by atoms with van der Waals surface area (Å²) in [5.74, 6) is 0.860. The predicted octanol–water partition coefficient (Wildman–Crippen LogP) is 2.76. The summed E-state index contributed by atoms with van der Waals surface area (Å²) in [4.78, 5) is 4.32. The number of hydrogen-bond donors (Lipinski definition) is 0. The first-order chi connectivity index (χ1) is 6.10. The topological polar surface area (TPSA) is 22.1 Å². The maximum atomic E-state index is 5.14. The summed E-state index contributed by atoms with van der Waals surface area (Å²) in [6.07, 6.45) is 1.78. The molecule has 0 fully saturated rings. The predicted molar refractivity (Wildman–Crippen MR) is 57.6 cm³/mol. The normalized spacial score (nSPS) is 11.4. The fraction of sp³-hybridized carbons (Fsp3) is 0.500. The third-order valence-corrected chi connectivity index (χ3v) is 3.40. The van der Waals surface area contributed by atoms with Gasteiger partial charge in [0.2, 0.25) is 0 Å². The summed E-state index contributed by atoms with van der Waals surface area (Å²) in [5, 5.41) is 0.889. The Morgan fingerprint density at radius 2 is 2.23 bits per heavy atom. The molecular weight excluding hydrogens is 230 g/mol. The Kier molecular flexibility index (Phi) is 3.31. The molecule has 1 aromatic heterocycles. The molecule has 0 saturated heterocycles. The van der Waals surface area contributed by atoms with Crippen LogP contribution >= 0.6 is 15.9 Å². The quantitative estimate of drug-likeness (QED) is 0.763. The summed E-state index contributed by atoms with van der Waals surface area (Å²) < 4.78 is 5.14. The van der Waals surface area contributed by atoms with Gasteiger partial charge in [-0.1, -0.05) is 29.8 Å². The molecule has 13 heavy (non-hydrogen) atoms. The molecule has 0 atom stereocenters. The molecule has 0 amide bonds. The maximum Gasteiger partial charge on any atom is 0.122 e. The van der Waals surface area contributed by atoms with Crippen molar-refractivity contribution in [1.82, 2.24) is 4.98 Å². The van der Waals surface area contributed by atoms with E-state index in [0.717, 1.165) is 16.8 Å². The lowest BCUT2D eigenvalue weighted by Crippen LogP contribution is -2.20. The van der Waals surface area contributed by atoms with Gasteiger partial charge in [0.1, 0.15) is 5.75 Å². The third-order valence-electron chi connectivity index (χ3n) is 1.99. The van der Waals surface area contributed by atoms with Gasteiger partial charge in [0, 0.05) is 23.0 Å². The van der Waals surface area contributed by atoms with Crippen molar-refractivity contribution in [3.63, 3.8) is 0 Å². The monoisotopic (exact) mass is 243 g/mol. The minimum absolute atomic E-state index is 0.0501. The SMILES string of the molecule is COc1ccnc(C(C)(C)CBr)c1. The van der Waals surface area contributed by atoms with Crippen molar-refractivity contribution in [2.45, 2.75) is 19.3 Å². The number of rotatable bonds is 3. The van der Waals surface area contributed by atoms with E-state index in [2.05, 4.69) is 34.8 Å². The van der Waals surface area contributed by atoms with Crippen LogP contribution in [0.4, 0.5) is 0 Å². The van der Waals surface area contributed by atoms with Gasteiger partial charge < -0.3 is 4.74 Å². The third kappa shape index (κ3) is 2.44. The Morgan fingerprint density at radius 3 is 2.77 bits per heavy atom. The molecule has 0 radical (unpaired) electrons. The Bertz CT molecular complexity index is 286. The van der Waals surface area contributed by atoms with Gasteiger partial charge >= 0.3 is 0 Å². The van der Waals surface area contributed by atoms with E-state index in [1.165, 1.54) is 0 Å². The number of methoxy groups -OCH3 is 1. The van der Waals surface area contributed by atoms with Crippen molar-refractivity contribution in [3.8, 4) is 5.75 Å². The lowest BCUT2D eigenvalue weighted by atomic mass is 9.91. The average molecular weight is 244 g/mol. The summed E-state index contributed by atoms with van der Waals surface area (Å²) in [6, 6.07) is 3.83. The van der Waals surface area contributed by atoms with Gasteiger partial charge in [-0.25, -0.2) is 0 Å². The molecule has 0 aliphatic rings. The number of hydrogen-bond acceptors (Lipinski definition) is 2. The molecule has 0 saturated carbocycles. The fourth-order valence-electron chi connectivity index (χ4n) is 0.977. The van der Waals surface area contributed by atoms with Gasteiger partial charge in [-0.15, -0.1) is 0 Å². The number of halogens is 1. The van der Waals surface area contributed by atoms with Crippen LogP contribution in [0, 0.1) is 0 Å². The summed E-state index contributed by atoms with van der Waals surface area (Å²) in [6.45, 7) is 4.28. The minimum Gasteiger partial charge on any atom is -0.497 e. The number of ether oxygens (including phenoxy) is 1. The van der Waals surface area contributed by atoms with Crippen molar-refractivity contribution in [2.24, 2.45) is 0 Å². The van der Waals surface area contributed by atoms with Crippen LogP contribution in [0.3, 0.4) is 0 Å². The highest BCUT2D eigenvalue weighted by Crippen LogP contribution is 2.25. The van der Waals surface area contributed by atoms with Crippen LogP contribution in [0.15, 0.2) is 18.3 Å². The first-order valence-corrected chi connectivity index (χ1v) is 5.29. The zero-order valence-corrected chi connectivity index (χ0v) is 9.76. The highest BCUT2D eigenvalue weighted by atomic mass is 79.9. The maximum absolute atomic E-state index is 5.14. The Hall–Kier alpha value is -0.570. The van der Waals surface area contributed by atoms with Gasteiger partial charge in [-0.05, 0) is 6.07 Å². The van der Waals surface area contributed by atoms with E-state index in [-0.39, 0.29) is 5.41 Å². The molecule has 1 aromatic rings. The van der Waals surface area contributed by atoms with Crippen LogP contribution in [-0.4, -0.2) is 17.4 Å². The summed E-state index contributed by atoms with van der Waals surface area (Å²) in [5.41, 5.74) is 1.10. The van der Waals surface area contributed by atoms with E-state index >= 15 is 0 Å². The molecule has 0 spiro atoms. The minimum atomic E-state index is 0.0501. The summed E-state index contributed by atoms with van der Waals surface area (Å²) >= 11 is 3.47. The second kappa shape index (κ2) is 4.09. The van der Waals surface area contributed by atoms with Crippen molar-refractivity contribution in [3.05, 3.63) is 24.0 Å². The number of nitrogens with zero attached hydrogens (tertiary/aromatic N) is 1. The molecule has 72 valence electrons. The first kappa shape index (κ1) is 10.5. The molecule has 3 heteroatoms. The van der Waals surface area contributed by atoms with E-state index in [0.29, 0.717) is 0 Å². The summed E-state index contributed by atoms with van der Waals surface area (Å²) in [7, 11) is 1.67. The van der Waals surface area contributed by atoms with Crippen molar-refractivity contribution >= 4 is 15.9 Å². The van der Waals surface area contributed by atoms with Crippen LogP contribution in [-0.2, 0) is 5.41 Å². The van der Waals surface area contributed by atoms with Crippen molar-refractivity contribution in [2.75, 3.05) is 12.4 Å². The Morgan fingerprint density at radius 1 is 1.54 bits per heavy atom. The Labute approximate surface area is 87.5 Å². The standard InChI is InChI=1S/C10H14BrNO/c1-10(2,7-11)9-6-8(13-3)4-5-12-9/h4-6H,7H2,1-3H3. The zero-order valence-electron chi connectivity index (χ0n) is 8.17.